The number of ether oxygens (including phenoxy) is 12. The van der Waals surface area contributed by atoms with Crippen LogP contribution in [0, 0.1) is 0 Å². The summed E-state index contributed by atoms with van der Waals surface area (Å²) < 4.78 is 68.9. The van der Waals surface area contributed by atoms with E-state index in [2.05, 4.69) is 36.4 Å². The van der Waals surface area contributed by atoms with Crippen molar-refractivity contribution in [2.75, 3.05) is 132 Å². The molecule has 0 aliphatic rings. The van der Waals surface area contributed by atoms with Crippen LogP contribution in [0.15, 0.2) is 146 Å². The molecule has 0 fully saturated rings. The fourth-order valence-electron chi connectivity index (χ4n) is 6.50. The van der Waals surface area contributed by atoms with Crippen molar-refractivity contribution >= 4 is 0 Å². The largest absolute Gasteiger partial charge is 0.491 e. The van der Waals surface area contributed by atoms with Gasteiger partial charge in [0, 0.05) is 0 Å². The van der Waals surface area contributed by atoms with Gasteiger partial charge in [-0.25, -0.2) is 0 Å². The molecule has 0 saturated heterocycles. The number of rotatable bonds is 38. The van der Waals surface area contributed by atoms with Gasteiger partial charge < -0.3 is 56.8 Å². The van der Waals surface area contributed by atoms with Gasteiger partial charge in [0.25, 0.3) is 0 Å². The van der Waals surface area contributed by atoms with Crippen molar-refractivity contribution < 1.29 is 56.8 Å². The summed E-state index contributed by atoms with van der Waals surface area (Å²) in [5, 5.41) is 0. The lowest BCUT2D eigenvalue weighted by Crippen LogP contribution is -2.34. The van der Waals surface area contributed by atoms with Gasteiger partial charge in [-0.3, -0.25) is 0 Å². The monoisotopic (exact) mass is 882 g/mol. The smallest absolute Gasteiger partial charge is 0.143 e. The summed E-state index contributed by atoms with van der Waals surface area (Å²) in [5.41, 5.74) is 3.59. The Kier molecular flexibility index (Phi) is 25.8. The van der Waals surface area contributed by atoms with Crippen molar-refractivity contribution in [1.29, 1.82) is 0 Å². The van der Waals surface area contributed by atoms with E-state index in [9.17, 15) is 0 Å². The lowest BCUT2D eigenvalue weighted by molar-refractivity contribution is -0.0386. The number of hydrogen-bond donors (Lipinski definition) is 0. The molecule has 12 nitrogen and oxygen atoms in total. The second-order valence-electron chi connectivity index (χ2n) is 14.2. The Balaban J connectivity index is 0.765. The molecule has 5 rings (SSSR count). The normalized spacial score (nSPS) is 11.5. The molecule has 0 heterocycles. The fourth-order valence-corrected chi connectivity index (χ4v) is 6.50. The highest BCUT2D eigenvalue weighted by Crippen LogP contribution is 2.40. The van der Waals surface area contributed by atoms with Gasteiger partial charge in [-0.15, -0.1) is 0 Å². The predicted octanol–water partition coefficient (Wildman–Crippen LogP) is 7.80. The molecule has 0 N–H and O–H groups in total. The zero-order valence-electron chi connectivity index (χ0n) is 37.1. The van der Waals surface area contributed by atoms with E-state index in [0.29, 0.717) is 139 Å². The van der Waals surface area contributed by atoms with Crippen molar-refractivity contribution in [2.45, 2.75) is 12.2 Å². The molecule has 346 valence electrons. The number of benzene rings is 5. The minimum absolute atomic E-state index is 0.410. The zero-order valence-corrected chi connectivity index (χ0v) is 37.1. The molecule has 5 aromatic rings. The SMILES string of the molecule is c1ccc(COCCOCCOCCOCCOCCOc2ccc(OCCOCCOCCOCCOCCOC(c3ccccc3)(c3ccccc3)c3ccccc3)cc2)cc1. The van der Waals surface area contributed by atoms with Crippen LogP contribution in [0.3, 0.4) is 0 Å². The molecule has 5 aromatic carbocycles. The third kappa shape index (κ3) is 20.0. The Hall–Kier alpha value is -4.70. The van der Waals surface area contributed by atoms with Crippen LogP contribution in [0.4, 0.5) is 0 Å². The Morgan fingerprint density at radius 1 is 0.250 bits per heavy atom. The van der Waals surface area contributed by atoms with E-state index >= 15 is 0 Å². The van der Waals surface area contributed by atoms with E-state index in [0.717, 1.165) is 33.8 Å². The third-order valence-corrected chi connectivity index (χ3v) is 9.62. The van der Waals surface area contributed by atoms with Crippen LogP contribution in [-0.4, -0.2) is 132 Å². The molecule has 12 heteroatoms. The Morgan fingerprint density at radius 2 is 0.516 bits per heavy atom. The highest BCUT2D eigenvalue weighted by molar-refractivity contribution is 5.47. The van der Waals surface area contributed by atoms with E-state index in [1.54, 1.807) is 0 Å². The second-order valence-corrected chi connectivity index (χ2v) is 14.2. The Bertz CT molecular complexity index is 1720. The van der Waals surface area contributed by atoms with Gasteiger partial charge in [-0.05, 0) is 46.5 Å². The van der Waals surface area contributed by atoms with Crippen LogP contribution < -0.4 is 9.47 Å². The van der Waals surface area contributed by atoms with E-state index in [4.69, 9.17) is 56.8 Å². The van der Waals surface area contributed by atoms with Crippen molar-refractivity contribution in [3.05, 3.63) is 168 Å². The van der Waals surface area contributed by atoms with E-state index in [-0.39, 0.29) is 0 Å². The fraction of sp³-hybridized carbons (Fsp3) is 0.423. The molecule has 0 amide bonds. The van der Waals surface area contributed by atoms with Crippen LogP contribution in [0.25, 0.3) is 0 Å². The van der Waals surface area contributed by atoms with Gasteiger partial charge in [0.1, 0.15) is 30.3 Å². The Morgan fingerprint density at radius 3 is 0.844 bits per heavy atom. The van der Waals surface area contributed by atoms with Gasteiger partial charge >= 0.3 is 0 Å². The van der Waals surface area contributed by atoms with Crippen LogP contribution in [0.5, 0.6) is 11.5 Å². The van der Waals surface area contributed by atoms with Crippen LogP contribution >= 0.6 is 0 Å². The lowest BCUT2D eigenvalue weighted by Gasteiger charge is -2.36. The van der Waals surface area contributed by atoms with Gasteiger partial charge in [-0.1, -0.05) is 121 Å². The molecule has 0 bridgehead atoms. The molecule has 0 radical (unpaired) electrons. The molecule has 0 aliphatic carbocycles. The van der Waals surface area contributed by atoms with Crippen molar-refractivity contribution in [1.82, 2.24) is 0 Å². The van der Waals surface area contributed by atoms with E-state index < -0.39 is 5.60 Å². The van der Waals surface area contributed by atoms with Gasteiger partial charge in [0.2, 0.25) is 0 Å². The lowest BCUT2D eigenvalue weighted by atomic mass is 9.80. The summed E-state index contributed by atoms with van der Waals surface area (Å²) in [4.78, 5) is 0. The maximum absolute atomic E-state index is 6.75. The summed E-state index contributed by atoms with van der Waals surface area (Å²) in [7, 11) is 0. The van der Waals surface area contributed by atoms with Gasteiger partial charge in [0.05, 0.1) is 126 Å². The molecule has 0 aromatic heterocycles. The van der Waals surface area contributed by atoms with Crippen molar-refractivity contribution in [2.24, 2.45) is 0 Å². The zero-order chi connectivity index (χ0) is 44.3. The molecule has 0 saturated carbocycles. The van der Waals surface area contributed by atoms with Gasteiger partial charge in [-0.2, -0.15) is 0 Å². The minimum atomic E-state index is -0.759. The highest BCUT2D eigenvalue weighted by Gasteiger charge is 2.37. The maximum atomic E-state index is 6.75. The summed E-state index contributed by atoms with van der Waals surface area (Å²) in [6.07, 6.45) is 0. The topological polar surface area (TPSA) is 111 Å². The summed E-state index contributed by atoms with van der Waals surface area (Å²) in [5.74, 6) is 1.49. The molecule has 64 heavy (non-hydrogen) atoms. The van der Waals surface area contributed by atoms with Crippen LogP contribution in [0.2, 0.25) is 0 Å². The van der Waals surface area contributed by atoms with Gasteiger partial charge in [0.15, 0.2) is 0 Å². The average molecular weight is 883 g/mol. The maximum Gasteiger partial charge on any atom is 0.143 e. The van der Waals surface area contributed by atoms with Crippen molar-refractivity contribution in [3.63, 3.8) is 0 Å². The first-order valence-corrected chi connectivity index (χ1v) is 22.2. The second kappa shape index (κ2) is 32.9. The first-order chi connectivity index (χ1) is 31.8. The average Bonchev–Trinajstić information content (AvgIpc) is 3.35. The molecule has 0 atom stereocenters. The highest BCUT2D eigenvalue weighted by atomic mass is 16.6. The van der Waals surface area contributed by atoms with E-state index in [1.807, 2.05) is 109 Å². The molecule has 0 aliphatic heterocycles. The first kappa shape index (κ1) is 50.3. The third-order valence-electron chi connectivity index (χ3n) is 9.62. The van der Waals surface area contributed by atoms with Crippen LogP contribution in [-0.2, 0) is 59.6 Å². The summed E-state index contributed by atoms with van der Waals surface area (Å²) >= 11 is 0. The van der Waals surface area contributed by atoms with Crippen molar-refractivity contribution in [3.8, 4) is 11.5 Å². The summed E-state index contributed by atoms with van der Waals surface area (Å²) in [6.45, 7) is 10.2. The molecule has 0 spiro atoms. The minimum Gasteiger partial charge on any atom is -0.491 e. The molecule has 0 unspecified atom stereocenters. The standard InChI is InChI=1S/C52H66O12/c1-5-13-46(14-6-1)45-61-38-37-57-30-29-53-25-26-54-31-34-58-39-42-62-50-21-23-51(24-22-50)63-43-40-59-35-32-55-27-28-56-33-36-60-41-44-64-52(47-15-7-2-8-16-47,48-17-9-3-10-18-48)49-19-11-4-12-20-49/h1-24H,25-45H2. The molecular formula is C52H66O12. The summed E-state index contributed by atoms with van der Waals surface area (Å²) in [6, 6.07) is 48.6. The Labute approximate surface area is 379 Å². The van der Waals surface area contributed by atoms with Crippen LogP contribution in [0.1, 0.15) is 22.3 Å². The first-order valence-electron chi connectivity index (χ1n) is 22.2. The predicted molar refractivity (Wildman–Crippen MR) is 245 cm³/mol. The number of hydrogen-bond acceptors (Lipinski definition) is 12. The molecular weight excluding hydrogens is 817 g/mol. The van der Waals surface area contributed by atoms with E-state index in [1.165, 1.54) is 0 Å². The quantitative estimate of drug-likeness (QED) is 0.0285.